The topological polar surface area (TPSA) is 46.4 Å². The smallest absolute Gasteiger partial charge is 0.0445 e. The van der Waals surface area contributed by atoms with Crippen LogP contribution in [0.5, 0.6) is 0 Å². The maximum absolute atomic E-state index is 8.64. The minimum atomic E-state index is 0.289. The second kappa shape index (κ2) is 4.66. The van der Waals surface area contributed by atoms with E-state index in [1.165, 1.54) is 0 Å². The molecule has 1 heterocycles. The van der Waals surface area contributed by atoms with Gasteiger partial charge in [0.2, 0.25) is 0 Å². The number of aliphatic hydroxyl groups excluding tert-OH is 1. The Kier molecular flexibility index (Phi) is 3.72. The van der Waals surface area contributed by atoms with Crippen LogP contribution in [0.4, 0.5) is 0 Å². The highest BCUT2D eigenvalue weighted by atomic mass is 16.3. The Balaban J connectivity index is 2.15. The summed E-state index contributed by atoms with van der Waals surface area (Å²) in [5.74, 6) is 0. The van der Waals surface area contributed by atoms with Crippen LogP contribution in [0, 0.1) is 0 Å². The zero-order chi connectivity index (χ0) is 7.23. The van der Waals surface area contributed by atoms with E-state index in [0.717, 1.165) is 32.5 Å². The van der Waals surface area contributed by atoms with Crippen LogP contribution in [-0.2, 0) is 0 Å². The largest absolute Gasteiger partial charge is 0.396 e. The quantitative estimate of drug-likeness (QED) is 0.539. The monoisotopic (exact) mass is 143 g/mol. The van der Waals surface area contributed by atoms with Gasteiger partial charge in [-0.25, -0.2) is 5.32 Å². The molecule has 1 saturated heterocycles. The third-order valence-electron chi connectivity index (χ3n) is 1.82. The lowest BCUT2D eigenvalue weighted by atomic mass is 10.1. The molecule has 10 heavy (non-hydrogen) atoms. The SMILES string of the molecule is OCCC1CC[N]CCN1. The highest BCUT2D eigenvalue weighted by Crippen LogP contribution is 1.98. The highest BCUT2D eigenvalue weighted by Gasteiger charge is 2.09. The van der Waals surface area contributed by atoms with Gasteiger partial charge in [0.15, 0.2) is 0 Å². The lowest BCUT2D eigenvalue weighted by Crippen LogP contribution is -2.30. The third-order valence-corrected chi connectivity index (χ3v) is 1.82. The predicted molar refractivity (Wildman–Crippen MR) is 40.0 cm³/mol. The van der Waals surface area contributed by atoms with Gasteiger partial charge in [-0.05, 0) is 12.8 Å². The van der Waals surface area contributed by atoms with Gasteiger partial charge in [0.25, 0.3) is 0 Å². The number of aliphatic hydroxyl groups is 1. The first kappa shape index (κ1) is 7.98. The standard InChI is InChI=1S/C7H15N2O/c10-6-2-7-1-3-8-4-5-9-7/h7,9-10H,1-6H2. The van der Waals surface area contributed by atoms with E-state index in [1.807, 2.05) is 0 Å². The molecule has 59 valence electrons. The van der Waals surface area contributed by atoms with Crippen molar-refractivity contribution in [3.8, 4) is 0 Å². The first-order chi connectivity index (χ1) is 4.93. The second-order valence-electron chi connectivity index (χ2n) is 2.62. The molecule has 1 fully saturated rings. The van der Waals surface area contributed by atoms with Gasteiger partial charge in [0.1, 0.15) is 0 Å². The minimum Gasteiger partial charge on any atom is -0.396 e. The molecule has 1 unspecified atom stereocenters. The number of rotatable bonds is 2. The lowest BCUT2D eigenvalue weighted by Gasteiger charge is -2.12. The third kappa shape index (κ3) is 2.64. The Morgan fingerprint density at radius 3 is 3.20 bits per heavy atom. The Labute approximate surface area is 61.8 Å². The predicted octanol–water partition coefficient (Wildman–Crippen LogP) is -0.665. The van der Waals surface area contributed by atoms with Crippen LogP contribution < -0.4 is 10.6 Å². The Hall–Kier alpha value is -0.120. The average Bonchev–Trinajstić information content (AvgIpc) is 2.17. The van der Waals surface area contributed by atoms with Gasteiger partial charge in [0.05, 0.1) is 0 Å². The molecular formula is C7H15N2O. The van der Waals surface area contributed by atoms with Gasteiger partial charge in [-0.1, -0.05) is 0 Å². The minimum absolute atomic E-state index is 0.289. The van der Waals surface area contributed by atoms with Crippen molar-refractivity contribution in [3.63, 3.8) is 0 Å². The average molecular weight is 143 g/mol. The number of hydrogen-bond acceptors (Lipinski definition) is 2. The molecule has 0 aromatic carbocycles. The van der Waals surface area contributed by atoms with Crippen LogP contribution in [0.1, 0.15) is 12.8 Å². The molecule has 3 heteroatoms. The molecule has 2 N–H and O–H groups in total. The summed E-state index contributed by atoms with van der Waals surface area (Å²) in [6.45, 7) is 3.15. The normalized spacial score (nSPS) is 27.9. The van der Waals surface area contributed by atoms with Crippen LogP contribution in [0.3, 0.4) is 0 Å². The Morgan fingerprint density at radius 2 is 2.40 bits per heavy atom. The molecule has 0 amide bonds. The van der Waals surface area contributed by atoms with E-state index in [0.29, 0.717) is 6.04 Å². The fourth-order valence-electron chi connectivity index (χ4n) is 1.21. The van der Waals surface area contributed by atoms with Crippen LogP contribution in [0.2, 0.25) is 0 Å². The summed E-state index contributed by atoms with van der Waals surface area (Å²) in [6, 6.07) is 0.497. The van der Waals surface area contributed by atoms with E-state index in [4.69, 9.17) is 5.11 Å². The molecule has 1 radical (unpaired) electrons. The molecule has 1 aliphatic rings. The molecule has 3 nitrogen and oxygen atoms in total. The molecule has 0 aliphatic carbocycles. The van der Waals surface area contributed by atoms with E-state index < -0.39 is 0 Å². The van der Waals surface area contributed by atoms with Gasteiger partial charge < -0.3 is 10.4 Å². The van der Waals surface area contributed by atoms with E-state index in [1.54, 1.807) is 0 Å². The summed E-state index contributed by atoms with van der Waals surface area (Å²) in [4.78, 5) is 0. The van der Waals surface area contributed by atoms with E-state index in [9.17, 15) is 0 Å². The van der Waals surface area contributed by atoms with Crippen LogP contribution >= 0.6 is 0 Å². The summed E-state index contributed by atoms with van der Waals surface area (Å²) < 4.78 is 0. The summed E-state index contributed by atoms with van der Waals surface area (Å²) in [7, 11) is 0. The second-order valence-corrected chi connectivity index (χ2v) is 2.62. The van der Waals surface area contributed by atoms with E-state index in [-0.39, 0.29) is 6.61 Å². The van der Waals surface area contributed by atoms with Crippen molar-refractivity contribution in [1.29, 1.82) is 0 Å². The summed E-state index contributed by atoms with van der Waals surface area (Å²) >= 11 is 0. The maximum atomic E-state index is 8.64. The lowest BCUT2D eigenvalue weighted by molar-refractivity contribution is 0.264. The number of nitrogens with zero attached hydrogens (tertiary/aromatic N) is 1. The van der Waals surface area contributed by atoms with Gasteiger partial charge in [-0.3, -0.25) is 0 Å². The van der Waals surface area contributed by atoms with Crippen molar-refractivity contribution in [3.05, 3.63) is 0 Å². The van der Waals surface area contributed by atoms with Gasteiger partial charge in [-0.2, -0.15) is 0 Å². The van der Waals surface area contributed by atoms with Gasteiger partial charge in [-0.15, -0.1) is 0 Å². The Morgan fingerprint density at radius 1 is 1.50 bits per heavy atom. The molecular weight excluding hydrogens is 128 g/mol. The summed E-state index contributed by atoms with van der Waals surface area (Å²) in [6.07, 6.45) is 1.95. The first-order valence-electron chi connectivity index (χ1n) is 3.91. The summed E-state index contributed by atoms with van der Waals surface area (Å²) in [5, 5.41) is 16.2. The van der Waals surface area contributed by atoms with Crippen molar-refractivity contribution < 1.29 is 5.11 Å². The zero-order valence-electron chi connectivity index (χ0n) is 6.21. The molecule has 0 bridgehead atoms. The fraction of sp³-hybridized carbons (Fsp3) is 1.00. The van der Waals surface area contributed by atoms with Crippen LogP contribution in [0.25, 0.3) is 0 Å². The Bertz CT molecular complexity index is 79.7. The molecule has 0 aromatic heterocycles. The number of hydrogen-bond donors (Lipinski definition) is 2. The molecule has 1 rings (SSSR count). The zero-order valence-corrected chi connectivity index (χ0v) is 6.21. The van der Waals surface area contributed by atoms with E-state index in [2.05, 4.69) is 10.6 Å². The molecule has 0 spiro atoms. The molecule has 0 saturated carbocycles. The van der Waals surface area contributed by atoms with E-state index >= 15 is 0 Å². The van der Waals surface area contributed by atoms with Gasteiger partial charge >= 0.3 is 0 Å². The molecule has 0 aromatic rings. The van der Waals surface area contributed by atoms with Crippen molar-refractivity contribution in [1.82, 2.24) is 10.6 Å². The van der Waals surface area contributed by atoms with Crippen LogP contribution in [0.15, 0.2) is 0 Å². The van der Waals surface area contributed by atoms with Crippen LogP contribution in [-0.4, -0.2) is 37.4 Å². The van der Waals surface area contributed by atoms with Crippen molar-refractivity contribution >= 4 is 0 Å². The number of nitrogens with one attached hydrogen (secondary N) is 1. The van der Waals surface area contributed by atoms with Gasteiger partial charge in [0, 0.05) is 32.3 Å². The van der Waals surface area contributed by atoms with Crippen molar-refractivity contribution in [2.45, 2.75) is 18.9 Å². The van der Waals surface area contributed by atoms with Crippen molar-refractivity contribution in [2.24, 2.45) is 0 Å². The first-order valence-corrected chi connectivity index (χ1v) is 3.91. The molecule has 1 atom stereocenters. The maximum Gasteiger partial charge on any atom is 0.0445 e. The molecule has 1 aliphatic heterocycles. The highest BCUT2D eigenvalue weighted by molar-refractivity contribution is 4.71. The summed E-state index contributed by atoms with van der Waals surface area (Å²) in [5.41, 5.74) is 0. The van der Waals surface area contributed by atoms with Crippen molar-refractivity contribution in [2.75, 3.05) is 26.2 Å². The fourth-order valence-corrected chi connectivity index (χ4v) is 1.21.